The molecule has 1 fully saturated rings. The second kappa shape index (κ2) is 8.39. The zero-order valence-corrected chi connectivity index (χ0v) is 16.3. The average Bonchev–Trinajstić information content (AvgIpc) is 2.67. The third-order valence-electron chi connectivity index (χ3n) is 4.62. The van der Waals surface area contributed by atoms with E-state index in [0.29, 0.717) is 36.7 Å². The molecule has 0 amide bonds. The zero-order valence-electron chi connectivity index (χ0n) is 16.3. The molecule has 0 aliphatic carbocycles. The monoisotopic (exact) mass is 384 g/mol. The van der Waals surface area contributed by atoms with Gasteiger partial charge in [0.15, 0.2) is 5.78 Å². The Bertz CT molecular complexity index is 856. The fourth-order valence-electron chi connectivity index (χ4n) is 3.49. The molecule has 1 aliphatic heterocycles. The van der Waals surface area contributed by atoms with Crippen LogP contribution < -0.4 is 9.64 Å². The predicted octanol–water partition coefficient (Wildman–Crippen LogP) is 3.84. The number of nitrogens with zero attached hydrogens (tertiary/aromatic N) is 2. The molecule has 28 heavy (non-hydrogen) atoms. The fraction of sp³-hybridized carbons (Fsp3) is 0.381. The summed E-state index contributed by atoms with van der Waals surface area (Å²) in [5.74, 6) is 0.414. The summed E-state index contributed by atoms with van der Waals surface area (Å²) in [7, 11) is 0. The summed E-state index contributed by atoms with van der Waals surface area (Å²) in [6.07, 6.45) is -0.0398. The molecule has 148 valence electrons. The van der Waals surface area contributed by atoms with Crippen molar-refractivity contribution in [1.82, 2.24) is 0 Å². The highest BCUT2D eigenvalue weighted by molar-refractivity contribution is 6.09. The number of ether oxygens (including phenoxy) is 2. The van der Waals surface area contributed by atoms with Crippen LogP contribution in [-0.2, 0) is 4.74 Å². The zero-order chi connectivity index (χ0) is 20.3. The minimum Gasteiger partial charge on any atom is -0.494 e. The van der Waals surface area contributed by atoms with Crippen molar-refractivity contribution in [2.24, 2.45) is 0 Å². The van der Waals surface area contributed by atoms with Gasteiger partial charge in [0, 0.05) is 30.3 Å². The summed E-state index contributed by atoms with van der Waals surface area (Å²) in [5, 5.41) is 11.7. The number of nitro benzene ring substituents is 1. The molecule has 2 atom stereocenters. The van der Waals surface area contributed by atoms with Crippen molar-refractivity contribution >= 4 is 17.2 Å². The third-order valence-corrected chi connectivity index (χ3v) is 4.62. The lowest BCUT2D eigenvalue weighted by molar-refractivity contribution is -0.384. The lowest BCUT2D eigenvalue weighted by atomic mass is 10.0. The molecule has 0 saturated carbocycles. The molecule has 7 heteroatoms. The molecule has 2 unspecified atom stereocenters. The fourth-order valence-corrected chi connectivity index (χ4v) is 3.49. The van der Waals surface area contributed by atoms with Crippen molar-refractivity contribution < 1.29 is 19.2 Å². The van der Waals surface area contributed by atoms with Crippen LogP contribution in [0, 0.1) is 10.1 Å². The molecular formula is C21H24N2O5. The summed E-state index contributed by atoms with van der Waals surface area (Å²) in [5.41, 5.74) is 1.18. The van der Waals surface area contributed by atoms with E-state index >= 15 is 0 Å². The Morgan fingerprint density at radius 2 is 1.75 bits per heavy atom. The Morgan fingerprint density at radius 3 is 2.32 bits per heavy atom. The molecule has 3 rings (SSSR count). The molecule has 0 aromatic heterocycles. The van der Waals surface area contributed by atoms with Crippen LogP contribution in [0.4, 0.5) is 11.4 Å². The van der Waals surface area contributed by atoms with Crippen molar-refractivity contribution in [2.45, 2.75) is 33.0 Å². The molecule has 0 bridgehead atoms. The van der Waals surface area contributed by atoms with Crippen molar-refractivity contribution in [3.63, 3.8) is 0 Å². The largest absolute Gasteiger partial charge is 0.494 e. The predicted molar refractivity (Wildman–Crippen MR) is 106 cm³/mol. The molecular weight excluding hydrogens is 360 g/mol. The highest BCUT2D eigenvalue weighted by Gasteiger charge is 2.28. The van der Waals surface area contributed by atoms with Gasteiger partial charge in [0.05, 0.1) is 23.7 Å². The molecule has 2 aromatic carbocycles. The molecule has 1 heterocycles. The molecule has 1 aliphatic rings. The van der Waals surface area contributed by atoms with Crippen LogP contribution >= 0.6 is 0 Å². The van der Waals surface area contributed by atoms with Crippen molar-refractivity contribution in [1.29, 1.82) is 0 Å². The molecule has 0 spiro atoms. The lowest BCUT2D eigenvalue weighted by Crippen LogP contribution is -2.45. The number of hydrogen-bond donors (Lipinski definition) is 0. The highest BCUT2D eigenvalue weighted by atomic mass is 16.6. The highest BCUT2D eigenvalue weighted by Crippen LogP contribution is 2.32. The quantitative estimate of drug-likeness (QED) is 0.428. The van der Waals surface area contributed by atoms with Crippen LogP contribution in [0.5, 0.6) is 5.75 Å². The number of anilines is 1. The second-order valence-electron chi connectivity index (χ2n) is 6.91. The Kier molecular flexibility index (Phi) is 5.94. The van der Waals surface area contributed by atoms with Gasteiger partial charge in [-0.2, -0.15) is 0 Å². The van der Waals surface area contributed by atoms with Gasteiger partial charge in [-0.25, -0.2) is 0 Å². The topological polar surface area (TPSA) is 81.9 Å². The first kappa shape index (κ1) is 19.8. The van der Waals surface area contributed by atoms with Crippen LogP contribution in [0.1, 0.15) is 36.7 Å². The second-order valence-corrected chi connectivity index (χ2v) is 6.91. The molecule has 2 aromatic rings. The number of carbonyl (C=O) groups excluding carboxylic acids is 1. The summed E-state index contributed by atoms with van der Waals surface area (Å²) in [6, 6.07) is 11.4. The van der Waals surface area contributed by atoms with Crippen LogP contribution in [0.15, 0.2) is 42.5 Å². The first-order chi connectivity index (χ1) is 13.4. The smallest absolute Gasteiger partial charge is 0.293 e. The van der Waals surface area contributed by atoms with E-state index in [9.17, 15) is 14.9 Å². The van der Waals surface area contributed by atoms with Gasteiger partial charge in [0.25, 0.3) is 5.69 Å². The van der Waals surface area contributed by atoms with Crippen LogP contribution in [0.2, 0.25) is 0 Å². The van der Waals surface area contributed by atoms with Gasteiger partial charge >= 0.3 is 0 Å². The maximum atomic E-state index is 12.8. The van der Waals surface area contributed by atoms with Crippen LogP contribution in [0.25, 0.3) is 0 Å². The standard InChI is InChI=1S/C21H24N2O5/c1-4-27-18-8-5-16(6-9-18)21(24)17-7-10-19(20(11-17)23(25)26)22-12-14(2)28-15(3)13-22/h5-11,14-15H,4,12-13H2,1-3H3. The first-order valence-corrected chi connectivity index (χ1v) is 9.35. The number of hydrogen-bond acceptors (Lipinski definition) is 6. The number of carbonyl (C=O) groups is 1. The number of ketones is 1. The Labute approximate surface area is 164 Å². The number of benzene rings is 2. The third kappa shape index (κ3) is 4.31. The van der Waals surface area contributed by atoms with E-state index in [1.54, 1.807) is 36.4 Å². The van der Waals surface area contributed by atoms with Crippen LogP contribution in [0.3, 0.4) is 0 Å². The average molecular weight is 384 g/mol. The number of morpholine rings is 1. The van der Waals surface area contributed by atoms with Gasteiger partial charge in [0.1, 0.15) is 11.4 Å². The minimum absolute atomic E-state index is 0.0199. The van der Waals surface area contributed by atoms with Gasteiger partial charge in [-0.3, -0.25) is 14.9 Å². The molecule has 1 saturated heterocycles. The van der Waals surface area contributed by atoms with Gasteiger partial charge in [0.2, 0.25) is 0 Å². The van der Waals surface area contributed by atoms with Gasteiger partial charge in [-0.15, -0.1) is 0 Å². The summed E-state index contributed by atoms with van der Waals surface area (Å²) < 4.78 is 11.1. The maximum absolute atomic E-state index is 12.8. The van der Waals surface area contributed by atoms with E-state index in [1.165, 1.54) is 6.07 Å². The van der Waals surface area contributed by atoms with E-state index in [4.69, 9.17) is 9.47 Å². The Balaban J connectivity index is 1.90. The van der Waals surface area contributed by atoms with Crippen molar-refractivity contribution in [3.05, 3.63) is 63.7 Å². The van der Waals surface area contributed by atoms with E-state index < -0.39 is 4.92 Å². The minimum atomic E-state index is -0.435. The van der Waals surface area contributed by atoms with Gasteiger partial charge in [-0.1, -0.05) is 0 Å². The lowest BCUT2D eigenvalue weighted by Gasteiger charge is -2.36. The van der Waals surface area contributed by atoms with Crippen LogP contribution in [-0.4, -0.2) is 42.6 Å². The van der Waals surface area contributed by atoms with Gasteiger partial charge < -0.3 is 14.4 Å². The van der Waals surface area contributed by atoms with E-state index in [2.05, 4.69) is 0 Å². The van der Waals surface area contributed by atoms with Crippen molar-refractivity contribution in [2.75, 3.05) is 24.6 Å². The van der Waals surface area contributed by atoms with E-state index in [-0.39, 0.29) is 29.2 Å². The SMILES string of the molecule is CCOc1ccc(C(=O)c2ccc(N3CC(C)OC(C)C3)c([N+](=O)[O-])c2)cc1. The summed E-state index contributed by atoms with van der Waals surface area (Å²) >= 11 is 0. The van der Waals surface area contributed by atoms with E-state index in [1.807, 2.05) is 25.7 Å². The summed E-state index contributed by atoms with van der Waals surface area (Å²) in [6.45, 7) is 7.45. The normalized spacial score (nSPS) is 19.3. The number of nitro groups is 1. The summed E-state index contributed by atoms with van der Waals surface area (Å²) in [4.78, 5) is 26.0. The molecule has 0 radical (unpaired) electrons. The van der Waals surface area contributed by atoms with Gasteiger partial charge in [-0.05, 0) is 57.2 Å². The first-order valence-electron chi connectivity index (χ1n) is 9.35. The Hall–Kier alpha value is -2.93. The van der Waals surface area contributed by atoms with E-state index in [0.717, 1.165) is 0 Å². The van der Waals surface area contributed by atoms with Crippen molar-refractivity contribution in [3.8, 4) is 5.75 Å². The Morgan fingerprint density at radius 1 is 1.14 bits per heavy atom. The molecule has 0 N–H and O–H groups in total. The molecule has 7 nitrogen and oxygen atoms in total. The number of rotatable bonds is 6. The maximum Gasteiger partial charge on any atom is 0.293 e.